The largest absolute Gasteiger partial charge is 0.506 e. The minimum atomic E-state index is -0.585. The second-order valence-corrected chi connectivity index (χ2v) is 5.15. The lowest BCUT2D eigenvalue weighted by Gasteiger charge is -2.06. The first-order chi connectivity index (χ1) is 10.4. The highest BCUT2D eigenvalue weighted by Gasteiger charge is 2.11. The summed E-state index contributed by atoms with van der Waals surface area (Å²) < 4.78 is 5.67. The molecule has 0 unspecified atom stereocenters. The van der Waals surface area contributed by atoms with E-state index in [1.165, 1.54) is 25.5 Å². The number of rotatable bonds is 4. The third-order valence-electron chi connectivity index (χ3n) is 2.80. The zero-order valence-corrected chi connectivity index (χ0v) is 12.9. The molecule has 0 aliphatic carbocycles. The fraction of sp³-hybridized carbons (Fsp3) is 0.0714. The Labute approximate surface area is 133 Å². The van der Waals surface area contributed by atoms with Crippen LogP contribution in [0.5, 0.6) is 17.2 Å². The van der Waals surface area contributed by atoms with Gasteiger partial charge in [-0.1, -0.05) is 15.9 Å². The third kappa shape index (κ3) is 3.34. The Morgan fingerprint density at radius 3 is 2.68 bits per heavy atom. The van der Waals surface area contributed by atoms with Crippen molar-refractivity contribution in [3.8, 4) is 17.2 Å². The van der Waals surface area contributed by atoms with Gasteiger partial charge in [0.05, 0.1) is 12.0 Å². The highest BCUT2D eigenvalue weighted by molar-refractivity contribution is 9.10. The highest BCUT2D eigenvalue weighted by Crippen LogP contribution is 2.34. The number of halogens is 1. The van der Waals surface area contributed by atoms with Crippen molar-refractivity contribution >= 4 is 33.5 Å². The number of methoxy groups -OCH3 is 1. The van der Waals surface area contributed by atoms with E-state index in [1.807, 2.05) is 0 Å². The maximum absolute atomic E-state index is 10.7. The number of nitro groups is 1. The van der Waals surface area contributed by atoms with Gasteiger partial charge in [0.15, 0.2) is 11.5 Å². The van der Waals surface area contributed by atoms with Crippen molar-refractivity contribution in [2.75, 3.05) is 7.11 Å². The molecule has 0 spiro atoms. The Morgan fingerprint density at radius 2 is 2.05 bits per heavy atom. The number of hydrogen-bond donors (Lipinski definition) is 2. The molecule has 22 heavy (non-hydrogen) atoms. The molecule has 2 aromatic carbocycles. The summed E-state index contributed by atoms with van der Waals surface area (Å²) in [6.07, 6.45) is 1.28. The summed E-state index contributed by atoms with van der Waals surface area (Å²) in [7, 11) is 1.41. The van der Waals surface area contributed by atoms with Gasteiger partial charge in [0.2, 0.25) is 0 Å². The van der Waals surface area contributed by atoms with Gasteiger partial charge in [-0.25, -0.2) is 0 Å². The van der Waals surface area contributed by atoms with Gasteiger partial charge in [0, 0.05) is 28.4 Å². The standard InChI is InChI=1S/C14H11BrN2O5/c1-22-13-5-9(15)4-8(14(13)19)7-16-11-6-10(17(20)21)2-3-12(11)18/h2-7,18-19H,1H3. The molecule has 7 nitrogen and oxygen atoms in total. The number of aliphatic imine (C=N–C) groups is 1. The summed E-state index contributed by atoms with van der Waals surface area (Å²) >= 11 is 3.27. The van der Waals surface area contributed by atoms with E-state index >= 15 is 0 Å². The molecular formula is C14H11BrN2O5. The van der Waals surface area contributed by atoms with Crippen LogP contribution in [0, 0.1) is 10.1 Å². The Balaban J connectivity index is 2.43. The van der Waals surface area contributed by atoms with E-state index in [1.54, 1.807) is 12.1 Å². The molecule has 114 valence electrons. The quantitative estimate of drug-likeness (QED) is 0.489. The van der Waals surface area contributed by atoms with E-state index in [0.717, 1.165) is 6.07 Å². The lowest BCUT2D eigenvalue weighted by Crippen LogP contribution is -1.90. The highest BCUT2D eigenvalue weighted by atomic mass is 79.9. The normalized spacial score (nSPS) is 10.8. The van der Waals surface area contributed by atoms with Crippen LogP contribution >= 0.6 is 15.9 Å². The van der Waals surface area contributed by atoms with Crippen molar-refractivity contribution in [1.82, 2.24) is 0 Å². The fourth-order valence-corrected chi connectivity index (χ4v) is 2.17. The SMILES string of the molecule is COc1cc(Br)cc(C=Nc2cc([N+](=O)[O-])ccc2O)c1O. The van der Waals surface area contributed by atoms with E-state index in [-0.39, 0.29) is 28.6 Å². The Morgan fingerprint density at radius 1 is 1.32 bits per heavy atom. The van der Waals surface area contributed by atoms with Gasteiger partial charge in [-0.3, -0.25) is 15.1 Å². The molecule has 0 radical (unpaired) electrons. The van der Waals surface area contributed by atoms with Crippen molar-refractivity contribution in [1.29, 1.82) is 0 Å². The van der Waals surface area contributed by atoms with Crippen molar-refractivity contribution in [2.45, 2.75) is 0 Å². The fourth-order valence-electron chi connectivity index (χ4n) is 1.72. The Kier molecular flexibility index (Phi) is 4.62. The summed E-state index contributed by atoms with van der Waals surface area (Å²) in [5.74, 6) is -0.0817. The van der Waals surface area contributed by atoms with Crippen LogP contribution in [0.1, 0.15) is 5.56 Å². The predicted molar refractivity (Wildman–Crippen MR) is 84.4 cm³/mol. The molecule has 0 fully saturated rings. The summed E-state index contributed by atoms with van der Waals surface area (Å²) in [6, 6.07) is 6.67. The molecule has 8 heteroatoms. The summed E-state index contributed by atoms with van der Waals surface area (Å²) in [5, 5.41) is 30.4. The van der Waals surface area contributed by atoms with Crippen LogP contribution in [-0.2, 0) is 0 Å². The number of phenolic OH excluding ortho intramolecular Hbond substituents is 2. The molecular weight excluding hydrogens is 356 g/mol. The molecule has 0 saturated carbocycles. The van der Waals surface area contributed by atoms with E-state index in [4.69, 9.17) is 4.74 Å². The molecule has 0 saturated heterocycles. The smallest absolute Gasteiger partial charge is 0.271 e. The first-order valence-electron chi connectivity index (χ1n) is 6.00. The van der Waals surface area contributed by atoms with Crippen molar-refractivity contribution in [2.24, 2.45) is 4.99 Å². The number of ether oxygens (including phenoxy) is 1. The van der Waals surface area contributed by atoms with E-state index in [0.29, 0.717) is 10.0 Å². The average molecular weight is 367 g/mol. The predicted octanol–water partition coefficient (Wildman–Crippen LogP) is 3.53. The van der Waals surface area contributed by atoms with Crippen LogP contribution in [0.3, 0.4) is 0 Å². The maximum Gasteiger partial charge on any atom is 0.271 e. The Hall–Kier alpha value is -2.61. The van der Waals surface area contributed by atoms with Gasteiger partial charge in [-0.15, -0.1) is 0 Å². The number of nitro benzene ring substituents is 1. The molecule has 0 heterocycles. The minimum Gasteiger partial charge on any atom is -0.506 e. The van der Waals surface area contributed by atoms with Gasteiger partial charge in [-0.05, 0) is 18.2 Å². The lowest BCUT2D eigenvalue weighted by atomic mass is 10.2. The maximum atomic E-state index is 10.7. The van der Waals surface area contributed by atoms with Crippen LogP contribution in [0.4, 0.5) is 11.4 Å². The van der Waals surface area contributed by atoms with Crippen molar-refractivity contribution < 1.29 is 19.9 Å². The van der Waals surface area contributed by atoms with Gasteiger partial charge < -0.3 is 14.9 Å². The molecule has 2 aromatic rings. The zero-order chi connectivity index (χ0) is 16.3. The second kappa shape index (κ2) is 6.44. The van der Waals surface area contributed by atoms with E-state index < -0.39 is 4.92 Å². The summed E-state index contributed by atoms with van der Waals surface area (Å²) in [4.78, 5) is 14.1. The van der Waals surface area contributed by atoms with Crippen LogP contribution in [-0.4, -0.2) is 28.5 Å². The molecule has 0 aliphatic rings. The first kappa shape index (κ1) is 15.8. The van der Waals surface area contributed by atoms with Crippen LogP contribution in [0.25, 0.3) is 0 Å². The summed E-state index contributed by atoms with van der Waals surface area (Å²) in [5.41, 5.74) is 0.158. The second-order valence-electron chi connectivity index (χ2n) is 4.23. The number of aromatic hydroxyl groups is 2. The van der Waals surface area contributed by atoms with E-state index in [9.17, 15) is 20.3 Å². The monoisotopic (exact) mass is 366 g/mol. The molecule has 0 aliphatic heterocycles. The number of non-ortho nitro benzene ring substituents is 1. The third-order valence-corrected chi connectivity index (χ3v) is 3.26. The molecule has 2 N–H and O–H groups in total. The summed E-state index contributed by atoms with van der Waals surface area (Å²) in [6.45, 7) is 0. The topological polar surface area (TPSA) is 105 Å². The number of nitrogens with zero attached hydrogens (tertiary/aromatic N) is 2. The molecule has 0 aromatic heterocycles. The molecule has 2 rings (SSSR count). The van der Waals surface area contributed by atoms with Crippen molar-refractivity contribution in [3.63, 3.8) is 0 Å². The molecule has 0 bridgehead atoms. The van der Waals surface area contributed by atoms with Gasteiger partial charge in [0.25, 0.3) is 5.69 Å². The average Bonchev–Trinajstić information content (AvgIpc) is 2.48. The zero-order valence-electron chi connectivity index (χ0n) is 11.4. The van der Waals surface area contributed by atoms with Gasteiger partial charge >= 0.3 is 0 Å². The van der Waals surface area contributed by atoms with Crippen LogP contribution in [0.15, 0.2) is 39.8 Å². The van der Waals surface area contributed by atoms with Gasteiger partial charge in [0.1, 0.15) is 11.4 Å². The lowest BCUT2D eigenvalue weighted by molar-refractivity contribution is -0.384. The van der Waals surface area contributed by atoms with Crippen LogP contribution in [0.2, 0.25) is 0 Å². The molecule has 0 amide bonds. The molecule has 0 atom stereocenters. The van der Waals surface area contributed by atoms with E-state index in [2.05, 4.69) is 20.9 Å². The van der Waals surface area contributed by atoms with Crippen molar-refractivity contribution in [3.05, 3.63) is 50.5 Å². The number of phenols is 2. The number of benzene rings is 2. The van der Waals surface area contributed by atoms with Crippen LogP contribution < -0.4 is 4.74 Å². The van der Waals surface area contributed by atoms with Gasteiger partial charge in [-0.2, -0.15) is 0 Å². The first-order valence-corrected chi connectivity index (χ1v) is 6.79. The minimum absolute atomic E-state index is 0.0209. The Bertz CT molecular complexity index is 761. The number of hydrogen-bond acceptors (Lipinski definition) is 6.